The van der Waals surface area contributed by atoms with Crippen molar-refractivity contribution in [2.45, 2.75) is 44.7 Å². The molecule has 0 radical (unpaired) electrons. The zero-order chi connectivity index (χ0) is 12.4. The molecule has 17 heavy (non-hydrogen) atoms. The zero-order valence-electron chi connectivity index (χ0n) is 10.3. The quantitative estimate of drug-likeness (QED) is 0.703. The van der Waals surface area contributed by atoms with Crippen LogP contribution in [0.15, 0.2) is 0 Å². The van der Waals surface area contributed by atoms with E-state index < -0.39 is 0 Å². The molecule has 0 bridgehead atoms. The van der Waals surface area contributed by atoms with Crippen LogP contribution in [0.2, 0.25) is 0 Å². The SMILES string of the molecule is CC1CCC(CN)CN1C(=O)[C@@H]1CCC(=O)N1. The lowest BCUT2D eigenvalue weighted by atomic mass is 9.93. The number of nitrogens with one attached hydrogen (secondary N) is 1. The smallest absolute Gasteiger partial charge is 0.245 e. The number of likely N-dealkylation sites (tertiary alicyclic amines) is 1. The summed E-state index contributed by atoms with van der Waals surface area (Å²) in [7, 11) is 0. The van der Waals surface area contributed by atoms with Crippen LogP contribution >= 0.6 is 0 Å². The molecule has 0 aromatic rings. The maximum atomic E-state index is 12.3. The zero-order valence-corrected chi connectivity index (χ0v) is 10.3. The first-order chi connectivity index (χ1) is 8.11. The van der Waals surface area contributed by atoms with E-state index in [9.17, 15) is 9.59 Å². The Balaban J connectivity index is 1.99. The number of carbonyl (C=O) groups is 2. The molecule has 2 aliphatic rings. The minimum absolute atomic E-state index is 0.0108. The first-order valence-electron chi connectivity index (χ1n) is 6.41. The number of carbonyl (C=O) groups excluding carboxylic acids is 2. The van der Waals surface area contributed by atoms with Crippen molar-refractivity contribution < 1.29 is 9.59 Å². The van der Waals surface area contributed by atoms with Gasteiger partial charge in [-0.05, 0) is 38.6 Å². The summed E-state index contributed by atoms with van der Waals surface area (Å²) in [4.78, 5) is 25.3. The van der Waals surface area contributed by atoms with Crippen LogP contribution in [0.25, 0.3) is 0 Å². The van der Waals surface area contributed by atoms with E-state index in [2.05, 4.69) is 12.2 Å². The van der Waals surface area contributed by atoms with E-state index in [0.29, 0.717) is 25.3 Å². The fraction of sp³-hybridized carbons (Fsp3) is 0.833. The molecule has 2 saturated heterocycles. The predicted molar refractivity (Wildman–Crippen MR) is 64.1 cm³/mol. The summed E-state index contributed by atoms with van der Waals surface area (Å²) >= 11 is 0. The van der Waals surface area contributed by atoms with E-state index in [4.69, 9.17) is 5.73 Å². The van der Waals surface area contributed by atoms with Gasteiger partial charge in [0.1, 0.15) is 6.04 Å². The van der Waals surface area contributed by atoms with Crippen LogP contribution in [0, 0.1) is 5.92 Å². The largest absolute Gasteiger partial charge is 0.344 e. The highest BCUT2D eigenvalue weighted by molar-refractivity contribution is 5.91. The number of nitrogens with two attached hydrogens (primary N) is 1. The molecule has 5 nitrogen and oxygen atoms in total. The lowest BCUT2D eigenvalue weighted by molar-refractivity contribution is -0.138. The number of hydrogen-bond donors (Lipinski definition) is 2. The molecule has 2 unspecified atom stereocenters. The highest BCUT2D eigenvalue weighted by Crippen LogP contribution is 2.23. The second-order valence-electron chi connectivity index (χ2n) is 5.18. The van der Waals surface area contributed by atoms with E-state index in [1.54, 1.807) is 0 Å². The van der Waals surface area contributed by atoms with Gasteiger partial charge >= 0.3 is 0 Å². The molecule has 0 aromatic carbocycles. The fourth-order valence-electron chi connectivity index (χ4n) is 2.68. The van der Waals surface area contributed by atoms with Crippen LogP contribution in [0.3, 0.4) is 0 Å². The van der Waals surface area contributed by atoms with Gasteiger partial charge in [-0.2, -0.15) is 0 Å². The summed E-state index contributed by atoms with van der Waals surface area (Å²) in [6, 6.07) is -0.0377. The standard InChI is InChI=1S/C12H21N3O2/c1-8-2-3-9(6-13)7-15(8)12(17)10-4-5-11(16)14-10/h8-10H,2-7,13H2,1H3,(H,14,16)/t8?,9?,10-/m0/s1. The Morgan fingerprint density at radius 3 is 2.82 bits per heavy atom. The average Bonchev–Trinajstić information content (AvgIpc) is 2.76. The molecule has 2 fully saturated rings. The molecule has 2 amide bonds. The predicted octanol–water partition coefficient (Wildman–Crippen LogP) is -0.149. The Morgan fingerprint density at radius 1 is 1.47 bits per heavy atom. The van der Waals surface area contributed by atoms with Gasteiger partial charge in [0.05, 0.1) is 0 Å². The Morgan fingerprint density at radius 2 is 2.24 bits per heavy atom. The number of hydrogen-bond acceptors (Lipinski definition) is 3. The van der Waals surface area contributed by atoms with Gasteiger partial charge in [-0.3, -0.25) is 9.59 Å². The monoisotopic (exact) mass is 239 g/mol. The molecule has 0 spiro atoms. The molecule has 2 heterocycles. The second-order valence-corrected chi connectivity index (χ2v) is 5.18. The van der Waals surface area contributed by atoms with Gasteiger partial charge in [0.2, 0.25) is 11.8 Å². The van der Waals surface area contributed by atoms with Crippen molar-refractivity contribution in [2.24, 2.45) is 11.7 Å². The normalized spacial score (nSPS) is 33.6. The van der Waals surface area contributed by atoms with Crippen molar-refractivity contribution >= 4 is 11.8 Å². The van der Waals surface area contributed by atoms with E-state index in [0.717, 1.165) is 19.4 Å². The highest BCUT2D eigenvalue weighted by Gasteiger charge is 2.35. The highest BCUT2D eigenvalue weighted by atomic mass is 16.2. The fourth-order valence-corrected chi connectivity index (χ4v) is 2.68. The minimum Gasteiger partial charge on any atom is -0.344 e. The van der Waals surface area contributed by atoms with Crippen molar-refractivity contribution in [2.75, 3.05) is 13.1 Å². The molecule has 5 heteroatoms. The van der Waals surface area contributed by atoms with Crippen LogP contribution in [0.4, 0.5) is 0 Å². The summed E-state index contributed by atoms with van der Waals surface area (Å²) in [5.41, 5.74) is 5.68. The molecule has 0 aromatic heterocycles. The summed E-state index contributed by atoms with van der Waals surface area (Å²) in [5, 5.41) is 2.74. The third-order valence-electron chi connectivity index (χ3n) is 3.89. The van der Waals surface area contributed by atoms with Gasteiger partial charge in [0.25, 0.3) is 0 Å². The molecule has 3 N–H and O–H groups in total. The Hall–Kier alpha value is -1.10. The van der Waals surface area contributed by atoms with E-state index in [1.165, 1.54) is 0 Å². The van der Waals surface area contributed by atoms with Crippen molar-refractivity contribution in [3.8, 4) is 0 Å². The maximum absolute atomic E-state index is 12.3. The van der Waals surface area contributed by atoms with E-state index in [1.807, 2.05) is 4.90 Å². The van der Waals surface area contributed by atoms with Gasteiger partial charge in [0.15, 0.2) is 0 Å². The minimum atomic E-state index is -0.304. The first-order valence-corrected chi connectivity index (χ1v) is 6.41. The van der Waals surface area contributed by atoms with Gasteiger partial charge in [-0.15, -0.1) is 0 Å². The summed E-state index contributed by atoms with van der Waals surface area (Å²) in [6.07, 6.45) is 3.21. The summed E-state index contributed by atoms with van der Waals surface area (Å²) < 4.78 is 0. The number of piperidine rings is 1. The third-order valence-corrected chi connectivity index (χ3v) is 3.89. The Labute approximate surface area is 102 Å². The topological polar surface area (TPSA) is 75.4 Å². The molecule has 2 aliphatic heterocycles. The number of rotatable bonds is 2. The maximum Gasteiger partial charge on any atom is 0.245 e. The lowest BCUT2D eigenvalue weighted by Crippen LogP contribution is -2.52. The molecule has 2 rings (SSSR count). The van der Waals surface area contributed by atoms with Crippen molar-refractivity contribution in [3.63, 3.8) is 0 Å². The molecule has 3 atom stereocenters. The third kappa shape index (κ3) is 2.60. The van der Waals surface area contributed by atoms with Crippen LogP contribution in [-0.2, 0) is 9.59 Å². The van der Waals surface area contributed by atoms with Crippen LogP contribution < -0.4 is 11.1 Å². The van der Waals surface area contributed by atoms with Crippen LogP contribution in [0.1, 0.15) is 32.6 Å². The van der Waals surface area contributed by atoms with Crippen LogP contribution in [-0.4, -0.2) is 41.9 Å². The molecule has 0 saturated carbocycles. The van der Waals surface area contributed by atoms with Crippen molar-refractivity contribution in [1.29, 1.82) is 0 Å². The second kappa shape index (κ2) is 5.04. The lowest BCUT2D eigenvalue weighted by Gasteiger charge is -2.38. The van der Waals surface area contributed by atoms with E-state index in [-0.39, 0.29) is 23.9 Å². The molecular formula is C12H21N3O2. The molecule has 96 valence electrons. The first kappa shape index (κ1) is 12.4. The Bertz CT molecular complexity index is 319. The molecular weight excluding hydrogens is 218 g/mol. The van der Waals surface area contributed by atoms with Gasteiger partial charge in [0, 0.05) is 19.0 Å². The van der Waals surface area contributed by atoms with Crippen LogP contribution in [0.5, 0.6) is 0 Å². The van der Waals surface area contributed by atoms with Gasteiger partial charge in [-0.25, -0.2) is 0 Å². The van der Waals surface area contributed by atoms with Gasteiger partial charge in [-0.1, -0.05) is 0 Å². The van der Waals surface area contributed by atoms with Gasteiger partial charge < -0.3 is 16.0 Å². The Kier molecular flexibility index (Phi) is 3.66. The van der Waals surface area contributed by atoms with Crippen molar-refractivity contribution in [3.05, 3.63) is 0 Å². The molecule has 0 aliphatic carbocycles. The number of amides is 2. The number of nitrogens with zero attached hydrogens (tertiary/aromatic N) is 1. The van der Waals surface area contributed by atoms with E-state index >= 15 is 0 Å². The summed E-state index contributed by atoms with van der Waals surface area (Å²) in [5.74, 6) is 0.470. The average molecular weight is 239 g/mol. The van der Waals surface area contributed by atoms with Crippen molar-refractivity contribution in [1.82, 2.24) is 10.2 Å². The summed E-state index contributed by atoms with van der Waals surface area (Å²) in [6.45, 7) is 3.44.